The minimum atomic E-state index is -0.723. The molecule has 1 unspecified atom stereocenters. The molecule has 0 aliphatic carbocycles. The average Bonchev–Trinajstić information content (AvgIpc) is 2.79. The largest absolute Gasteiger partial charge is 0.493 e. The molecule has 0 aromatic heterocycles. The molecule has 9 nitrogen and oxygen atoms in total. The molecule has 0 bridgehead atoms. The fourth-order valence-electron chi connectivity index (χ4n) is 2.77. The van der Waals surface area contributed by atoms with Gasteiger partial charge in [-0.2, -0.15) is 0 Å². The first-order valence-electron chi connectivity index (χ1n) is 9.59. The quantitative estimate of drug-likeness (QED) is 0.475. The fraction of sp³-hybridized carbons (Fsp3) is 0.318. The number of ketones is 1. The number of methoxy groups -OCH3 is 1. The topological polar surface area (TPSA) is 109 Å². The van der Waals surface area contributed by atoms with Crippen molar-refractivity contribution in [1.29, 1.82) is 0 Å². The van der Waals surface area contributed by atoms with Crippen LogP contribution < -0.4 is 24.3 Å². The molecule has 0 radical (unpaired) electrons. The van der Waals surface area contributed by atoms with Gasteiger partial charge in [-0.3, -0.25) is 9.59 Å². The molecule has 1 heterocycles. The molecule has 0 saturated heterocycles. The number of benzene rings is 2. The van der Waals surface area contributed by atoms with Crippen molar-refractivity contribution in [3.63, 3.8) is 0 Å². The Kier molecular flexibility index (Phi) is 7.31. The number of esters is 1. The van der Waals surface area contributed by atoms with Crippen molar-refractivity contribution in [3.8, 4) is 23.0 Å². The van der Waals surface area contributed by atoms with Gasteiger partial charge < -0.3 is 29.0 Å². The zero-order valence-corrected chi connectivity index (χ0v) is 17.2. The van der Waals surface area contributed by atoms with Crippen molar-refractivity contribution in [2.75, 3.05) is 33.5 Å². The molecule has 1 amide bonds. The number of hydrogen-bond donors (Lipinski definition) is 1. The van der Waals surface area contributed by atoms with Crippen molar-refractivity contribution < 1.29 is 38.1 Å². The number of ether oxygens (including phenoxy) is 5. The number of carbonyl (C=O) groups excluding carboxylic acids is 3. The zero-order valence-electron chi connectivity index (χ0n) is 17.2. The van der Waals surface area contributed by atoms with Gasteiger partial charge in [0.2, 0.25) is 0 Å². The van der Waals surface area contributed by atoms with Crippen LogP contribution in [-0.4, -0.2) is 57.2 Å². The summed E-state index contributed by atoms with van der Waals surface area (Å²) in [5.41, 5.74) is 0.458. The lowest BCUT2D eigenvalue weighted by atomic mass is 10.1. The molecule has 1 atom stereocenters. The van der Waals surface area contributed by atoms with E-state index >= 15 is 0 Å². The van der Waals surface area contributed by atoms with Gasteiger partial charge in [-0.25, -0.2) is 4.79 Å². The minimum Gasteiger partial charge on any atom is -0.493 e. The Bertz CT molecular complexity index is 958. The molecule has 1 aliphatic rings. The first kappa shape index (κ1) is 21.9. The van der Waals surface area contributed by atoms with Crippen molar-refractivity contribution in [2.45, 2.75) is 13.0 Å². The number of para-hydroxylation sites is 2. The van der Waals surface area contributed by atoms with Gasteiger partial charge in [-0.05, 0) is 37.3 Å². The summed E-state index contributed by atoms with van der Waals surface area (Å²) >= 11 is 0. The van der Waals surface area contributed by atoms with Gasteiger partial charge in [0, 0.05) is 5.56 Å². The highest BCUT2D eigenvalue weighted by Gasteiger charge is 2.21. The van der Waals surface area contributed by atoms with Crippen LogP contribution in [-0.2, 0) is 14.3 Å². The number of carbonyl (C=O) groups is 3. The second-order valence-corrected chi connectivity index (χ2v) is 6.67. The Morgan fingerprint density at radius 2 is 1.84 bits per heavy atom. The summed E-state index contributed by atoms with van der Waals surface area (Å²) in [6.07, 6.45) is -0.344. The predicted octanol–water partition coefficient (Wildman–Crippen LogP) is 1.78. The first-order chi connectivity index (χ1) is 15.0. The normalized spacial score (nSPS) is 14.3. The summed E-state index contributed by atoms with van der Waals surface area (Å²) in [5.74, 6) is 0.552. The van der Waals surface area contributed by atoms with Crippen LogP contribution in [0.3, 0.4) is 0 Å². The van der Waals surface area contributed by atoms with Gasteiger partial charge in [-0.1, -0.05) is 12.1 Å². The number of fused-ring (bicyclic) bond motifs is 1. The molecule has 0 spiro atoms. The Labute approximate surface area is 179 Å². The standard InChI is InChI=1S/C22H23NO8/c1-14(24)15-7-8-18(20(9-15)27-2)29-13-22(26)30-12-21(25)23-10-16-11-28-17-5-3-4-6-19(17)31-16/h3-9,16H,10-13H2,1-2H3,(H,23,25). The molecule has 0 fully saturated rings. The van der Waals surface area contributed by atoms with E-state index in [1.807, 2.05) is 12.1 Å². The van der Waals surface area contributed by atoms with Crippen LogP contribution in [0.2, 0.25) is 0 Å². The Morgan fingerprint density at radius 3 is 2.58 bits per heavy atom. The summed E-state index contributed by atoms with van der Waals surface area (Å²) in [4.78, 5) is 35.2. The third-order valence-corrected chi connectivity index (χ3v) is 4.37. The van der Waals surface area contributed by atoms with Gasteiger partial charge in [0.25, 0.3) is 5.91 Å². The smallest absolute Gasteiger partial charge is 0.344 e. The third-order valence-electron chi connectivity index (χ3n) is 4.37. The lowest BCUT2D eigenvalue weighted by Crippen LogP contribution is -2.42. The molecule has 1 N–H and O–H groups in total. The highest BCUT2D eigenvalue weighted by Crippen LogP contribution is 2.30. The predicted molar refractivity (Wildman–Crippen MR) is 109 cm³/mol. The van der Waals surface area contributed by atoms with E-state index in [9.17, 15) is 14.4 Å². The number of hydrogen-bond acceptors (Lipinski definition) is 8. The zero-order chi connectivity index (χ0) is 22.2. The van der Waals surface area contributed by atoms with Crippen LogP contribution >= 0.6 is 0 Å². The van der Waals surface area contributed by atoms with Gasteiger partial charge >= 0.3 is 5.97 Å². The van der Waals surface area contributed by atoms with Crippen molar-refractivity contribution >= 4 is 17.7 Å². The van der Waals surface area contributed by atoms with E-state index in [0.717, 1.165) is 0 Å². The number of rotatable bonds is 9. The van der Waals surface area contributed by atoms with Crippen molar-refractivity contribution in [1.82, 2.24) is 5.32 Å². The molecule has 0 saturated carbocycles. The van der Waals surface area contributed by atoms with E-state index in [1.54, 1.807) is 18.2 Å². The first-order valence-corrected chi connectivity index (χ1v) is 9.59. The van der Waals surface area contributed by atoms with Crippen molar-refractivity contribution in [2.24, 2.45) is 0 Å². The SMILES string of the molecule is COc1cc(C(C)=O)ccc1OCC(=O)OCC(=O)NCC1COc2ccccc2O1. The van der Waals surface area contributed by atoms with E-state index in [1.165, 1.54) is 26.2 Å². The summed E-state index contributed by atoms with van der Waals surface area (Å²) in [6.45, 7) is 1.08. The van der Waals surface area contributed by atoms with Crippen LogP contribution in [0.1, 0.15) is 17.3 Å². The molecular formula is C22H23NO8. The number of Topliss-reactive ketones (excluding diaryl/α,β-unsaturated/α-hetero) is 1. The molecule has 9 heteroatoms. The van der Waals surface area contributed by atoms with E-state index in [2.05, 4.69) is 5.32 Å². The summed E-state index contributed by atoms with van der Waals surface area (Å²) in [5, 5.41) is 2.63. The van der Waals surface area contributed by atoms with Gasteiger partial charge in [-0.15, -0.1) is 0 Å². The maximum atomic E-state index is 11.9. The molecule has 3 rings (SSSR count). The number of nitrogens with one attached hydrogen (secondary N) is 1. The average molecular weight is 429 g/mol. The van der Waals surface area contributed by atoms with Gasteiger partial charge in [0.1, 0.15) is 12.7 Å². The molecule has 2 aromatic rings. The molecule has 164 valence electrons. The fourth-order valence-corrected chi connectivity index (χ4v) is 2.77. The van der Waals surface area contributed by atoms with Crippen LogP contribution in [0.25, 0.3) is 0 Å². The molecule has 2 aromatic carbocycles. The lowest BCUT2D eigenvalue weighted by Gasteiger charge is -2.26. The van der Waals surface area contributed by atoms with Gasteiger partial charge in [0.15, 0.2) is 42.0 Å². The second kappa shape index (κ2) is 10.3. The van der Waals surface area contributed by atoms with Crippen LogP contribution in [0.15, 0.2) is 42.5 Å². The Morgan fingerprint density at radius 1 is 1.06 bits per heavy atom. The van der Waals surface area contributed by atoms with Gasteiger partial charge in [0.05, 0.1) is 13.7 Å². The lowest BCUT2D eigenvalue weighted by molar-refractivity contribution is -0.150. The van der Waals surface area contributed by atoms with Crippen molar-refractivity contribution in [3.05, 3.63) is 48.0 Å². The molecule has 31 heavy (non-hydrogen) atoms. The van der Waals surface area contributed by atoms with E-state index in [-0.39, 0.29) is 24.2 Å². The summed E-state index contributed by atoms with van der Waals surface area (Å²) in [7, 11) is 1.43. The second-order valence-electron chi connectivity index (χ2n) is 6.67. The monoisotopic (exact) mass is 429 g/mol. The minimum absolute atomic E-state index is 0.121. The Balaban J connectivity index is 1.38. The maximum Gasteiger partial charge on any atom is 0.344 e. The van der Waals surface area contributed by atoms with E-state index in [0.29, 0.717) is 29.4 Å². The van der Waals surface area contributed by atoms with Crippen LogP contribution in [0.4, 0.5) is 0 Å². The summed E-state index contributed by atoms with van der Waals surface area (Å²) < 4.78 is 26.8. The Hall–Kier alpha value is -3.75. The highest BCUT2D eigenvalue weighted by molar-refractivity contribution is 5.94. The van der Waals surface area contributed by atoms with E-state index < -0.39 is 25.1 Å². The van der Waals surface area contributed by atoms with E-state index in [4.69, 9.17) is 23.7 Å². The molecule has 1 aliphatic heterocycles. The summed E-state index contributed by atoms with van der Waals surface area (Å²) in [6, 6.07) is 11.9. The van der Waals surface area contributed by atoms with Crippen LogP contribution in [0.5, 0.6) is 23.0 Å². The molecular weight excluding hydrogens is 406 g/mol. The maximum absolute atomic E-state index is 11.9. The highest BCUT2D eigenvalue weighted by atomic mass is 16.6. The number of amides is 1. The van der Waals surface area contributed by atoms with Crippen LogP contribution in [0, 0.1) is 0 Å². The third kappa shape index (κ3) is 6.11.